The Morgan fingerprint density at radius 1 is 1.07 bits per heavy atom. The molecule has 3 aromatic rings. The van der Waals surface area contributed by atoms with Gasteiger partial charge in [-0.2, -0.15) is 0 Å². The molecule has 29 heavy (non-hydrogen) atoms. The molecular formula is C23H28FN5. The fourth-order valence-corrected chi connectivity index (χ4v) is 3.47. The number of halogens is 1. The molecule has 0 amide bonds. The van der Waals surface area contributed by atoms with Crippen LogP contribution in [-0.2, 0) is 0 Å². The van der Waals surface area contributed by atoms with Crippen LogP contribution in [0.2, 0.25) is 0 Å². The van der Waals surface area contributed by atoms with Crippen LogP contribution in [-0.4, -0.2) is 41.0 Å². The van der Waals surface area contributed by atoms with Gasteiger partial charge in [-0.3, -0.25) is 4.98 Å². The molecule has 2 aromatic carbocycles. The van der Waals surface area contributed by atoms with Crippen molar-refractivity contribution in [3.63, 3.8) is 0 Å². The molecule has 1 aliphatic heterocycles. The lowest BCUT2D eigenvalue weighted by atomic mass is 9.98. The Morgan fingerprint density at radius 3 is 2.45 bits per heavy atom. The zero-order valence-corrected chi connectivity index (χ0v) is 17.0. The van der Waals surface area contributed by atoms with Crippen LogP contribution in [0.15, 0.2) is 54.9 Å². The number of likely N-dealkylation sites (tertiary alicyclic amines) is 1. The number of aryl methyl sites for hydroxylation is 1. The van der Waals surface area contributed by atoms with Crippen LogP contribution in [0.4, 0.5) is 10.2 Å². The van der Waals surface area contributed by atoms with Gasteiger partial charge in [0.2, 0.25) is 0 Å². The summed E-state index contributed by atoms with van der Waals surface area (Å²) in [7, 11) is 2.12. The van der Waals surface area contributed by atoms with Crippen molar-refractivity contribution in [1.82, 2.24) is 14.9 Å². The van der Waals surface area contributed by atoms with E-state index in [0.29, 0.717) is 23.1 Å². The van der Waals surface area contributed by atoms with Crippen molar-refractivity contribution in [2.24, 2.45) is 5.73 Å². The second kappa shape index (κ2) is 9.58. The summed E-state index contributed by atoms with van der Waals surface area (Å²) in [6.45, 7) is 4.32. The van der Waals surface area contributed by atoms with Gasteiger partial charge in [-0.05, 0) is 62.2 Å². The Kier molecular flexibility index (Phi) is 6.90. The summed E-state index contributed by atoms with van der Waals surface area (Å²) >= 11 is 0. The predicted octanol–water partition coefficient (Wildman–Crippen LogP) is 3.88. The van der Waals surface area contributed by atoms with Crippen molar-refractivity contribution < 1.29 is 4.39 Å². The molecule has 1 aromatic heterocycles. The van der Waals surface area contributed by atoms with Gasteiger partial charge in [0.15, 0.2) is 0 Å². The third kappa shape index (κ3) is 5.59. The molecule has 0 bridgehead atoms. The first kappa shape index (κ1) is 20.9. The quantitative estimate of drug-likeness (QED) is 0.691. The number of benzene rings is 2. The zero-order chi connectivity index (χ0) is 20.8. The molecule has 5 nitrogen and oxygen atoms in total. The van der Waals surface area contributed by atoms with E-state index in [2.05, 4.69) is 21.9 Å². The number of aromatic nitrogens is 2. The summed E-state index contributed by atoms with van der Waals surface area (Å²) in [6, 6.07) is 13.5. The Bertz CT molecular complexity index is 934. The summed E-state index contributed by atoms with van der Waals surface area (Å²) in [5.41, 5.74) is 15.0. The predicted molar refractivity (Wildman–Crippen MR) is 117 cm³/mol. The van der Waals surface area contributed by atoms with Crippen molar-refractivity contribution in [2.45, 2.75) is 25.8 Å². The van der Waals surface area contributed by atoms with E-state index in [9.17, 15) is 4.39 Å². The molecule has 1 fully saturated rings. The number of likely N-dealkylation sites (N-methyl/N-ethyl adjacent to an activating group) is 1. The average Bonchev–Trinajstić information content (AvgIpc) is 2.69. The van der Waals surface area contributed by atoms with Crippen molar-refractivity contribution in [3.8, 4) is 22.4 Å². The molecule has 4 rings (SSSR count). The zero-order valence-electron chi connectivity index (χ0n) is 17.0. The lowest BCUT2D eigenvalue weighted by Gasteiger charge is -2.26. The van der Waals surface area contributed by atoms with Crippen LogP contribution in [0, 0.1) is 12.7 Å². The van der Waals surface area contributed by atoms with Crippen LogP contribution in [0.25, 0.3) is 22.4 Å². The molecule has 1 atom stereocenters. The maximum atomic E-state index is 14.4. The highest BCUT2D eigenvalue weighted by atomic mass is 19.1. The minimum absolute atomic E-state index is 0.315. The molecule has 4 N–H and O–H groups in total. The van der Waals surface area contributed by atoms with Gasteiger partial charge in [0.1, 0.15) is 11.6 Å². The summed E-state index contributed by atoms with van der Waals surface area (Å²) in [6.07, 6.45) is 5.38. The fourth-order valence-electron chi connectivity index (χ4n) is 3.47. The van der Waals surface area contributed by atoms with E-state index >= 15 is 0 Å². The van der Waals surface area contributed by atoms with E-state index in [1.165, 1.54) is 37.8 Å². The largest absolute Gasteiger partial charge is 0.382 e. The molecule has 0 saturated carbocycles. The molecule has 0 spiro atoms. The van der Waals surface area contributed by atoms with Gasteiger partial charge in [0.05, 0.1) is 18.1 Å². The van der Waals surface area contributed by atoms with Crippen LogP contribution in [0.5, 0.6) is 0 Å². The van der Waals surface area contributed by atoms with Crippen molar-refractivity contribution in [2.75, 3.05) is 25.9 Å². The molecule has 6 heteroatoms. The molecule has 0 radical (unpaired) electrons. The normalized spacial score (nSPS) is 16.8. The second-order valence-corrected chi connectivity index (χ2v) is 7.50. The number of nitrogens with zero attached hydrogens (tertiary/aromatic N) is 3. The first-order chi connectivity index (χ1) is 13.9. The van der Waals surface area contributed by atoms with E-state index in [-0.39, 0.29) is 5.82 Å². The van der Waals surface area contributed by atoms with Gasteiger partial charge in [-0.25, -0.2) is 9.37 Å². The number of piperidine rings is 1. The Balaban J connectivity index is 0.000000252. The second-order valence-electron chi connectivity index (χ2n) is 7.50. The van der Waals surface area contributed by atoms with E-state index < -0.39 is 0 Å². The molecule has 0 aliphatic carbocycles. The maximum Gasteiger partial charge on any atom is 0.141 e. The Morgan fingerprint density at radius 2 is 1.86 bits per heavy atom. The van der Waals surface area contributed by atoms with Crippen LogP contribution >= 0.6 is 0 Å². The molecule has 152 valence electrons. The smallest absolute Gasteiger partial charge is 0.141 e. The van der Waals surface area contributed by atoms with E-state index in [0.717, 1.165) is 23.2 Å². The number of nitrogen functional groups attached to an aromatic ring is 1. The molecule has 1 saturated heterocycles. The fraction of sp³-hybridized carbons (Fsp3) is 0.304. The molecule has 2 heterocycles. The lowest BCUT2D eigenvalue weighted by molar-refractivity contribution is 0.252. The first-order valence-corrected chi connectivity index (χ1v) is 9.81. The first-order valence-electron chi connectivity index (χ1n) is 9.81. The highest BCUT2D eigenvalue weighted by Gasteiger charge is 2.12. The minimum Gasteiger partial charge on any atom is -0.382 e. The summed E-state index contributed by atoms with van der Waals surface area (Å²) in [5.74, 6) is -0.00878. The van der Waals surface area contributed by atoms with Crippen LogP contribution in [0.1, 0.15) is 18.4 Å². The third-order valence-corrected chi connectivity index (χ3v) is 5.03. The average molecular weight is 394 g/mol. The maximum absolute atomic E-state index is 14.4. The minimum atomic E-state index is -0.324. The van der Waals surface area contributed by atoms with Crippen LogP contribution < -0.4 is 11.5 Å². The summed E-state index contributed by atoms with van der Waals surface area (Å²) in [5, 5.41) is 0. The van der Waals surface area contributed by atoms with Gasteiger partial charge in [0.25, 0.3) is 0 Å². The molecule has 1 aliphatic rings. The van der Waals surface area contributed by atoms with E-state index in [1.807, 2.05) is 37.3 Å². The van der Waals surface area contributed by atoms with Gasteiger partial charge in [-0.1, -0.05) is 30.3 Å². The number of hydrogen-bond donors (Lipinski definition) is 2. The number of hydrogen-bond acceptors (Lipinski definition) is 5. The highest BCUT2D eigenvalue weighted by molar-refractivity contribution is 5.71. The Hall–Kier alpha value is -2.83. The summed E-state index contributed by atoms with van der Waals surface area (Å²) in [4.78, 5) is 10.3. The topological polar surface area (TPSA) is 81.1 Å². The number of nitrogens with two attached hydrogens (primary N) is 2. The van der Waals surface area contributed by atoms with Crippen molar-refractivity contribution in [1.29, 1.82) is 0 Å². The number of anilines is 1. The standard InChI is InChI=1S/C17H14FN3.C6H14N2/c1-11-4-2-3-5-13(11)12-6-7-14(15(18)8-12)16-9-21-17(19)10-20-16;1-8-4-2-3-6(7)5-8/h2-10H,1H3,(H2,19,21);6H,2-5,7H2,1H3. The third-order valence-electron chi connectivity index (χ3n) is 5.03. The van der Waals surface area contributed by atoms with Gasteiger partial charge in [0, 0.05) is 18.2 Å². The lowest BCUT2D eigenvalue weighted by Crippen LogP contribution is -2.40. The van der Waals surface area contributed by atoms with E-state index in [4.69, 9.17) is 11.5 Å². The van der Waals surface area contributed by atoms with E-state index in [1.54, 1.807) is 6.07 Å². The van der Waals surface area contributed by atoms with Crippen molar-refractivity contribution in [3.05, 3.63) is 66.2 Å². The van der Waals surface area contributed by atoms with Crippen molar-refractivity contribution >= 4 is 5.82 Å². The molecule has 1 unspecified atom stereocenters. The van der Waals surface area contributed by atoms with Crippen LogP contribution in [0.3, 0.4) is 0 Å². The van der Waals surface area contributed by atoms with Gasteiger partial charge < -0.3 is 16.4 Å². The number of rotatable bonds is 2. The monoisotopic (exact) mass is 393 g/mol. The van der Waals surface area contributed by atoms with Gasteiger partial charge >= 0.3 is 0 Å². The highest BCUT2D eigenvalue weighted by Crippen LogP contribution is 2.28. The summed E-state index contributed by atoms with van der Waals surface area (Å²) < 4.78 is 14.4. The SMILES string of the molecule is CN1CCCC(N)C1.Cc1ccccc1-c1ccc(-c2cnc(N)cn2)c(F)c1. The Labute approximate surface area is 171 Å². The van der Waals surface area contributed by atoms with Gasteiger partial charge in [-0.15, -0.1) is 0 Å². The molecular weight excluding hydrogens is 365 g/mol.